The van der Waals surface area contributed by atoms with Gasteiger partial charge >= 0.3 is 0 Å². The molecule has 3 unspecified atom stereocenters. The van der Waals surface area contributed by atoms with Gasteiger partial charge in [-0.2, -0.15) is 0 Å². The van der Waals surface area contributed by atoms with Gasteiger partial charge in [0.15, 0.2) is 5.78 Å². The molecule has 0 aliphatic carbocycles. The Balaban J connectivity index is 1.82. The highest BCUT2D eigenvalue weighted by atomic mass is 16.5. The standard InChI is InChI=1S/C13H24N2O2/c1-10-6-15(7-12(10)14(2)3)8-13(16)11-4-5-17-9-11/h10-12H,4-9H2,1-3H3. The third kappa shape index (κ3) is 3.06. The van der Waals surface area contributed by atoms with Crippen molar-refractivity contribution < 1.29 is 9.53 Å². The van der Waals surface area contributed by atoms with Gasteiger partial charge in [-0.3, -0.25) is 9.69 Å². The molecule has 0 saturated carbocycles. The van der Waals surface area contributed by atoms with E-state index in [0.29, 0.717) is 30.9 Å². The number of ketones is 1. The number of carbonyl (C=O) groups is 1. The number of rotatable bonds is 4. The normalized spacial score (nSPS) is 34.7. The Labute approximate surface area is 104 Å². The maximum absolute atomic E-state index is 12.0. The van der Waals surface area contributed by atoms with Gasteiger partial charge in [0.1, 0.15) is 0 Å². The Morgan fingerprint density at radius 1 is 1.41 bits per heavy atom. The van der Waals surface area contributed by atoms with Gasteiger partial charge in [0.25, 0.3) is 0 Å². The van der Waals surface area contributed by atoms with Crippen LogP contribution in [0.15, 0.2) is 0 Å². The topological polar surface area (TPSA) is 32.8 Å². The lowest BCUT2D eigenvalue weighted by atomic mass is 10.0. The summed E-state index contributed by atoms with van der Waals surface area (Å²) in [5, 5.41) is 0. The third-order valence-electron chi connectivity index (χ3n) is 4.08. The fraction of sp³-hybridized carbons (Fsp3) is 0.923. The van der Waals surface area contributed by atoms with Crippen LogP contribution in [0.4, 0.5) is 0 Å². The first-order valence-electron chi connectivity index (χ1n) is 6.57. The van der Waals surface area contributed by atoms with E-state index in [1.807, 2.05) is 0 Å². The third-order valence-corrected chi connectivity index (χ3v) is 4.08. The Bertz CT molecular complexity index is 275. The lowest BCUT2D eigenvalue weighted by molar-refractivity contribution is -0.123. The minimum absolute atomic E-state index is 0.156. The van der Waals surface area contributed by atoms with Crippen LogP contribution >= 0.6 is 0 Å². The fourth-order valence-corrected chi connectivity index (χ4v) is 2.99. The van der Waals surface area contributed by atoms with E-state index in [1.54, 1.807) is 0 Å². The number of Topliss-reactive ketones (excluding diaryl/α,β-unsaturated/α-hetero) is 1. The molecule has 2 rings (SSSR count). The van der Waals surface area contributed by atoms with Crippen molar-refractivity contribution in [3.63, 3.8) is 0 Å². The smallest absolute Gasteiger partial charge is 0.152 e. The Kier molecular flexibility index (Phi) is 4.17. The summed E-state index contributed by atoms with van der Waals surface area (Å²) >= 11 is 0. The van der Waals surface area contributed by atoms with Crippen LogP contribution in [0.25, 0.3) is 0 Å². The van der Waals surface area contributed by atoms with E-state index in [2.05, 4.69) is 30.8 Å². The van der Waals surface area contributed by atoms with Crippen LogP contribution in [0.5, 0.6) is 0 Å². The molecule has 0 N–H and O–H groups in total. The molecule has 0 aromatic carbocycles. The molecule has 2 aliphatic rings. The highest BCUT2D eigenvalue weighted by Crippen LogP contribution is 2.21. The molecule has 4 nitrogen and oxygen atoms in total. The van der Waals surface area contributed by atoms with E-state index < -0.39 is 0 Å². The average molecular weight is 240 g/mol. The second kappa shape index (κ2) is 5.46. The molecule has 0 aromatic rings. The lowest BCUT2D eigenvalue weighted by Crippen LogP contribution is -2.36. The summed E-state index contributed by atoms with van der Waals surface area (Å²) in [6.07, 6.45) is 0.916. The molecule has 0 spiro atoms. The molecular weight excluding hydrogens is 216 g/mol. The molecular formula is C13H24N2O2. The minimum Gasteiger partial charge on any atom is -0.381 e. The summed E-state index contributed by atoms with van der Waals surface area (Å²) in [4.78, 5) is 16.6. The SMILES string of the molecule is CC1CN(CC(=O)C2CCOC2)CC1N(C)C. The number of likely N-dealkylation sites (tertiary alicyclic amines) is 1. The molecule has 17 heavy (non-hydrogen) atoms. The molecule has 2 aliphatic heterocycles. The summed E-state index contributed by atoms with van der Waals surface area (Å²) in [6, 6.07) is 0.586. The first-order valence-corrected chi connectivity index (χ1v) is 6.57. The van der Waals surface area contributed by atoms with Crippen molar-refractivity contribution >= 4 is 5.78 Å². The van der Waals surface area contributed by atoms with Crippen LogP contribution in [0, 0.1) is 11.8 Å². The van der Waals surface area contributed by atoms with E-state index in [0.717, 1.165) is 26.1 Å². The summed E-state index contributed by atoms with van der Waals surface area (Å²) in [5.74, 6) is 1.18. The number of ether oxygens (including phenoxy) is 1. The zero-order valence-electron chi connectivity index (χ0n) is 11.2. The van der Waals surface area contributed by atoms with E-state index in [4.69, 9.17) is 4.74 Å². The Morgan fingerprint density at radius 3 is 2.71 bits per heavy atom. The predicted octanol–water partition coefficient (Wildman–Crippen LogP) is 0.474. The molecule has 0 bridgehead atoms. The van der Waals surface area contributed by atoms with Crippen LogP contribution in [-0.4, -0.2) is 68.6 Å². The number of hydrogen-bond donors (Lipinski definition) is 0. The van der Waals surface area contributed by atoms with Gasteiger partial charge in [0.05, 0.1) is 13.2 Å². The Morgan fingerprint density at radius 2 is 2.18 bits per heavy atom. The molecule has 2 heterocycles. The first-order chi connectivity index (χ1) is 8.08. The van der Waals surface area contributed by atoms with E-state index in [1.165, 1.54) is 0 Å². The van der Waals surface area contributed by atoms with Crippen molar-refractivity contribution in [3.8, 4) is 0 Å². The second-order valence-corrected chi connectivity index (χ2v) is 5.73. The molecule has 0 radical (unpaired) electrons. The van der Waals surface area contributed by atoms with Crippen molar-refractivity contribution in [1.82, 2.24) is 9.80 Å². The summed E-state index contributed by atoms with van der Waals surface area (Å²) in [7, 11) is 4.24. The molecule has 4 heteroatoms. The average Bonchev–Trinajstić information content (AvgIpc) is 2.86. The fourth-order valence-electron chi connectivity index (χ4n) is 2.99. The van der Waals surface area contributed by atoms with Crippen molar-refractivity contribution in [2.24, 2.45) is 11.8 Å². The van der Waals surface area contributed by atoms with Gasteiger partial charge in [-0.15, -0.1) is 0 Å². The number of nitrogens with zero attached hydrogens (tertiary/aromatic N) is 2. The van der Waals surface area contributed by atoms with Gasteiger partial charge in [-0.1, -0.05) is 6.92 Å². The summed E-state index contributed by atoms with van der Waals surface area (Å²) < 4.78 is 5.28. The summed E-state index contributed by atoms with van der Waals surface area (Å²) in [6.45, 7) is 6.35. The van der Waals surface area contributed by atoms with Gasteiger partial charge in [0.2, 0.25) is 0 Å². The van der Waals surface area contributed by atoms with Crippen molar-refractivity contribution in [2.45, 2.75) is 19.4 Å². The molecule has 2 saturated heterocycles. The predicted molar refractivity (Wildman–Crippen MR) is 67.0 cm³/mol. The first kappa shape index (κ1) is 13.0. The second-order valence-electron chi connectivity index (χ2n) is 5.73. The van der Waals surface area contributed by atoms with Crippen LogP contribution < -0.4 is 0 Å². The monoisotopic (exact) mass is 240 g/mol. The highest BCUT2D eigenvalue weighted by Gasteiger charge is 2.33. The molecule has 98 valence electrons. The zero-order chi connectivity index (χ0) is 12.4. The van der Waals surface area contributed by atoms with Crippen LogP contribution in [0.2, 0.25) is 0 Å². The van der Waals surface area contributed by atoms with Crippen LogP contribution in [0.1, 0.15) is 13.3 Å². The van der Waals surface area contributed by atoms with Gasteiger partial charge < -0.3 is 9.64 Å². The van der Waals surface area contributed by atoms with E-state index in [-0.39, 0.29) is 5.92 Å². The summed E-state index contributed by atoms with van der Waals surface area (Å²) in [5.41, 5.74) is 0. The maximum Gasteiger partial charge on any atom is 0.152 e. The molecule has 2 fully saturated rings. The largest absolute Gasteiger partial charge is 0.381 e. The van der Waals surface area contributed by atoms with Crippen molar-refractivity contribution in [1.29, 1.82) is 0 Å². The van der Waals surface area contributed by atoms with Crippen molar-refractivity contribution in [3.05, 3.63) is 0 Å². The minimum atomic E-state index is 0.156. The number of likely N-dealkylation sites (N-methyl/N-ethyl adjacent to an activating group) is 1. The highest BCUT2D eigenvalue weighted by molar-refractivity contribution is 5.83. The van der Waals surface area contributed by atoms with Gasteiger partial charge in [0, 0.05) is 31.7 Å². The molecule has 0 aromatic heterocycles. The molecule has 0 amide bonds. The van der Waals surface area contributed by atoms with Gasteiger partial charge in [-0.05, 0) is 26.4 Å². The maximum atomic E-state index is 12.0. The van der Waals surface area contributed by atoms with Crippen LogP contribution in [0.3, 0.4) is 0 Å². The lowest BCUT2D eigenvalue weighted by Gasteiger charge is -2.22. The van der Waals surface area contributed by atoms with Crippen LogP contribution in [-0.2, 0) is 9.53 Å². The van der Waals surface area contributed by atoms with Gasteiger partial charge in [-0.25, -0.2) is 0 Å². The zero-order valence-corrected chi connectivity index (χ0v) is 11.2. The quantitative estimate of drug-likeness (QED) is 0.715. The molecule has 3 atom stereocenters. The van der Waals surface area contributed by atoms with E-state index >= 15 is 0 Å². The number of carbonyl (C=O) groups excluding carboxylic acids is 1. The van der Waals surface area contributed by atoms with Crippen molar-refractivity contribution in [2.75, 3.05) is 46.9 Å². The number of hydrogen-bond acceptors (Lipinski definition) is 4. The Hall–Kier alpha value is -0.450. The van der Waals surface area contributed by atoms with E-state index in [9.17, 15) is 4.79 Å².